The summed E-state index contributed by atoms with van der Waals surface area (Å²) < 4.78 is 5.53. The van der Waals surface area contributed by atoms with Gasteiger partial charge in [-0.15, -0.1) is 0 Å². The highest BCUT2D eigenvalue weighted by molar-refractivity contribution is 5.32. The van der Waals surface area contributed by atoms with E-state index >= 15 is 0 Å². The fourth-order valence-corrected chi connectivity index (χ4v) is 2.38. The maximum atomic E-state index is 5.53. The number of hydrogen-bond acceptors (Lipinski definition) is 3. The third kappa shape index (κ3) is 2.43. The fourth-order valence-electron chi connectivity index (χ4n) is 2.38. The maximum absolute atomic E-state index is 5.53. The predicted octanol–water partition coefficient (Wildman–Crippen LogP) is 2.69. The zero-order chi connectivity index (χ0) is 13.3. The van der Waals surface area contributed by atoms with Crippen LogP contribution in [-0.2, 0) is 10.3 Å². The van der Waals surface area contributed by atoms with E-state index < -0.39 is 0 Å². The summed E-state index contributed by atoms with van der Waals surface area (Å²) in [4.78, 5) is 7.04. The first-order chi connectivity index (χ1) is 8.43. The Balaban J connectivity index is 2.46. The second-order valence-electron chi connectivity index (χ2n) is 5.90. The Labute approximate surface area is 110 Å². The molecule has 3 nitrogen and oxygen atoms in total. The smallest absolute Gasteiger partial charge is 0.0639 e. The van der Waals surface area contributed by atoms with Crippen LogP contribution >= 0.6 is 0 Å². The quantitative estimate of drug-likeness (QED) is 0.822. The molecular formula is C15H24N2O. The molecule has 1 fully saturated rings. The SMILES string of the molecule is Cc1ccc([C@H]2CCOC2)c(C(C)(C)N(C)C)n1. The normalized spacial score (nSPS) is 20.7. The largest absolute Gasteiger partial charge is 0.381 e. The van der Waals surface area contributed by atoms with Crippen LogP contribution in [0.4, 0.5) is 0 Å². The van der Waals surface area contributed by atoms with Crippen LogP contribution in [0.15, 0.2) is 12.1 Å². The number of aryl methyl sites for hydroxylation is 1. The standard InChI is InChI=1S/C15H24N2O/c1-11-6-7-13(12-8-9-18-10-12)14(16-11)15(2,3)17(4)5/h6-7,12H,8-10H2,1-5H3/t12-/m0/s1. The van der Waals surface area contributed by atoms with Crippen LogP contribution in [0.1, 0.15) is 43.1 Å². The lowest BCUT2D eigenvalue weighted by molar-refractivity contribution is 0.184. The molecule has 0 saturated carbocycles. The average Bonchev–Trinajstić information content (AvgIpc) is 2.82. The zero-order valence-corrected chi connectivity index (χ0v) is 12.2. The summed E-state index contributed by atoms with van der Waals surface area (Å²) in [5.74, 6) is 0.507. The molecule has 1 aromatic rings. The van der Waals surface area contributed by atoms with E-state index in [1.165, 1.54) is 11.3 Å². The molecule has 0 aromatic carbocycles. The van der Waals surface area contributed by atoms with E-state index in [9.17, 15) is 0 Å². The van der Waals surface area contributed by atoms with Gasteiger partial charge in [-0.05, 0) is 52.9 Å². The van der Waals surface area contributed by atoms with Gasteiger partial charge in [-0.25, -0.2) is 0 Å². The van der Waals surface area contributed by atoms with Gasteiger partial charge in [0.15, 0.2) is 0 Å². The number of nitrogens with zero attached hydrogens (tertiary/aromatic N) is 2. The van der Waals surface area contributed by atoms with Crippen molar-refractivity contribution >= 4 is 0 Å². The molecule has 1 saturated heterocycles. The van der Waals surface area contributed by atoms with Crippen molar-refractivity contribution in [1.82, 2.24) is 9.88 Å². The molecule has 1 aliphatic rings. The molecule has 100 valence electrons. The summed E-state index contributed by atoms with van der Waals surface area (Å²) in [7, 11) is 4.22. The predicted molar refractivity (Wildman–Crippen MR) is 73.9 cm³/mol. The molecule has 0 bridgehead atoms. The van der Waals surface area contributed by atoms with Gasteiger partial charge >= 0.3 is 0 Å². The van der Waals surface area contributed by atoms with Crippen LogP contribution in [0.5, 0.6) is 0 Å². The third-order valence-corrected chi connectivity index (χ3v) is 4.13. The summed E-state index contributed by atoms with van der Waals surface area (Å²) in [6, 6.07) is 4.35. The number of hydrogen-bond donors (Lipinski definition) is 0. The van der Waals surface area contributed by atoms with Crippen molar-refractivity contribution in [2.24, 2.45) is 0 Å². The fraction of sp³-hybridized carbons (Fsp3) is 0.667. The Kier molecular flexibility index (Phi) is 3.74. The number of rotatable bonds is 3. The molecule has 0 spiro atoms. The minimum Gasteiger partial charge on any atom is -0.381 e. The van der Waals surface area contributed by atoms with Crippen molar-refractivity contribution in [2.75, 3.05) is 27.3 Å². The molecule has 3 heteroatoms. The average molecular weight is 248 g/mol. The van der Waals surface area contributed by atoms with Crippen LogP contribution in [0, 0.1) is 6.92 Å². The van der Waals surface area contributed by atoms with Gasteiger partial charge in [0.1, 0.15) is 0 Å². The number of aromatic nitrogens is 1. The number of pyridine rings is 1. The first-order valence-electron chi connectivity index (χ1n) is 6.66. The molecule has 2 rings (SSSR count). The minimum absolute atomic E-state index is 0.0516. The molecule has 0 aliphatic carbocycles. The van der Waals surface area contributed by atoms with E-state index in [1.807, 2.05) is 0 Å². The Morgan fingerprint density at radius 2 is 2.06 bits per heavy atom. The Morgan fingerprint density at radius 1 is 1.33 bits per heavy atom. The summed E-state index contributed by atoms with van der Waals surface area (Å²) >= 11 is 0. The lowest BCUT2D eigenvalue weighted by atomic mass is 9.87. The van der Waals surface area contributed by atoms with Gasteiger partial charge in [-0.2, -0.15) is 0 Å². The maximum Gasteiger partial charge on any atom is 0.0639 e. The van der Waals surface area contributed by atoms with Crippen LogP contribution in [0.25, 0.3) is 0 Å². The lowest BCUT2D eigenvalue weighted by Gasteiger charge is -2.34. The van der Waals surface area contributed by atoms with Crippen LogP contribution < -0.4 is 0 Å². The van der Waals surface area contributed by atoms with E-state index in [2.05, 4.69) is 51.9 Å². The molecule has 1 aromatic heterocycles. The van der Waals surface area contributed by atoms with Crippen LogP contribution in [0.3, 0.4) is 0 Å². The summed E-state index contributed by atoms with van der Waals surface area (Å²) in [5, 5.41) is 0. The van der Waals surface area contributed by atoms with E-state index in [4.69, 9.17) is 9.72 Å². The molecule has 18 heavy (non-hydrogen) atoms. The molecule has 1 atom stereocenters. The summed E-state index contributed by atoms with van der Waals surface area (Å²) in [6.07, 6.45) is 1.11. The van der Waals surface area contributed by atoms with Gasteiger partial charge in [0.05, 0.1) is 17.8 Å². The molecule has 0 unspecified atom stereocenters. The van der Waals surface area contributed by atoms with Crippen molar-refractivity contribution in [2.45, 2.75) is 38.6 Å². The Hall–Kier alpha value is -0.930. The van der Waals surface area contributed by atoms with Crippen molar-refractivity contribution in [3.8, 4) is 0 Å². The first-order valence-corrected chi connectivity index (χ1v) is 6.66. The van der Waals surface area contributed by atoms with Crippen molar-refractivity contribution in [3.63, 3.8) is 0 Å². The third-order valence-electron chi connectivity index (χ3n) is 4.13. The van der Waals surface area contributed by atoms with E-state index in [1.54, 1.807) is 0 Å². The van der Waals surface area contributed by atoms with Gasteiger partial charge in [0, 0.05) is 18.2 Å². The Bertz CT molecular complexity index is 421. The van der Waals surface area contributed by atoms with E-state index in [0.717, 1.165) is 25.3 Å². The van der Waals surface area contributed by atoms with E-state index in [0.29, 0.717) is 5.92 Å². The lowest BCUT2D eigenvalue weighted by Crippen LogP contribution is -2.37. The summed E-state index contributed by atoms with van der Waals surface area (Å²) in [6.45, 7) is 8.23. The highest BCUT2D eigenvalue weighted by Gasteiger charge is 2.31. The van der Waals surface area contributed by atoms with Gasteiger partial charge in [-0.3, -0.25) is 9.88 Å². The monoisotopic (exact) mass is 248 g/mol. The second kappa shape index (κ2) is 4.98. The molecule has 1 aliphatic heterocycles. The van der Waals surface area contributed by atoms with Crippen LogP contribution in [-0.4, -0.2) is 37.2 Å². The van der Waals surface area contributed by atoms with Crippen molar-refractivity contribution in [1.29, 1.82) is 0 Å². The Morgan fingerprint density at radius 3 is 2.61 bits per heavy atom. The zero-order valence-electron chi connectivity index (χ0n) is 12.2. The highest BCUT2D eigenvalue weighted by atomic mass is 16.5. The van der Waals surface area contributed by atoms with E-state index in [-0.39, 0.29) is 5.54 Å². The first kappa shape index (κ1) is 13.5. The minimum atomic E-state index is -0.0516. The summed E-state index contributed by atoms with van der Waals surface area (Å²) in [5.41, 5.74) is 3.59. The molecular weight excluding hydrogens is 224 g/mol. The molecule has 0 N–H and O–H groups in total. The topological polar surface area (TPSA) is 25.4 Å². The molecule has 0 amide bonds. The van der Waals surface area contributed by atoms with Gasteiger partial charge in [0.2, 0.25) is 0 Å². The molecule has 0 radical (unpaired) electrons. The van der Waals surface area contributed by atoms with Gasteiger partial charge in [0.25, 0.3) is 0 Å². The number of ether oxygens (including phenoxy) is 1. The second-order valence-corrected chi connectivity index (χ2v) is 5.90. The van der Waals surface area contributed by atoms with Crippen LogP contribution in [0.2, 0.25) is 0 Å². The van der Waals surface area contributed by atoms with Crippen molar-refractivity contribution in [3.05, 3.63) is 29.1 Å². The van der Waals surface area contributed by atoms with Gasteiger partial charge in [-0.1, -0.05) is 6.07 Å². The highest BCUT2D eigenvalue weighted by Crippen LogP contribution is 2.34. The molecule has 2 heterocycles. The van der Waals surface area contributed by atoms with Crippen molar-refractivity contribution < 1.29 is 4.74 Å². The van der Waals surface area contributed by atoms with Gasteiger partial charge < -0.3 is 4.74 Å².